The molecule has 4 aliphatic rings. The minimum atomic E-state index is 0.743. The maximum Gasteiger partial charge on any atom is 0.00414 e. The first-order valence-corrected chi connectivity index (χ1v) is 7.49. The van der Waals surface area contributed by atoms with Gasteiger partial charge in [0.05, 0.1) is 0 Å². The standard InChI is InChI=1S/C15H27N/c1-3-16-10(2)4-15-13-6-11-5-12(8-13)9-14(15)7-11/h10-16H,3-9H2,1-2H3. The minimum absolute atomic E-state index is 0.743. The lowest BCUT2D eigenvalue weighted by atomic mass is 9.51. The van der Waals surface area contributed by atoms with Crippen molar-refractivity contribution in [1.82, 2.24) is 5.32 Å². The molecule has 1 N–H and O–H groups in total. The van der Waals surface area contributed by atoms with E-state index < -0.39 is 0 Å². The molecule has 0 aromatic heterocycles. The zero-order valence-corrected chi connectivity index (χ0v) is 10.9. The molecule has 0 aromatic carbocycles. The van der Waals surface area contributed by atoms with E-state index in [1.54, 1.807) is 32.1 Å². The van der Waals surface area contributed by atoms with Gasteiger partial charge in [-0.05, 0) is 81.6 Å². The van der Waals surface area contributed by atoms with E-state index in [0.717, 1.165) is 42.2 Å². The van der Waals surface area contributed by atoms with Crippen molar-refractivity contribution < 1.29 is 0 Å². The summed E-state index contributed by atoms with van der Waals surface area (Å²) in [6, 6.07) is 0.743. The van der Waals surface area contributed by atoms with Gasteiger partial charge in [0, 0.05) is 6.04 Å². The summed E-state index contributed by atoms with van der Waals surface area (Å²) < 4.78 is 0. The van der Waals surface area contributed by atoms with Gasteiger partial charge in [0.1, 0.15) is 0 Å². The van der Waals surface area contributed by atoms with Gasteiger partial charge in [-0.1, -0.05) is 6.92 Å². The van der Waals surface area contributed by atoms with Crippen LogP contribution >= 0.6 is 0 Å². The van der Waals surface area contributed by atoms with Crippen LogP contribution in [-0.4, -0.2) is 12.6 Å². The van der Waals surface area contributed by atoms with Gasteiger partial charge < -0.3 is 5.32 Å². The van der Waals surface area contributed by atoms with E-state index in [1.165, 1.54) is 6.42 Å². The van der Waals surface area contributed by atoms with Crippen molar-refractivity contribution in [3.8, 4) is 0 Å². The Balaban J connectivity index is 1.63. The molecular weight excluding hydrogens is 194 g/mol. The molecule has 0 spiro atoms. The van der Waals surface area contributed by atoms with Crippen LogP contribution in [0.5, 0.6) is 0 Å². The smallest absolute Gasteiger partial charge is 0.00414 e. The summed E-state index contributed by atoms with van der Waals surface area (Å²) in [6.45, 7) is 5.75. The fourth-order valence-corrected chi connectivity index (χ4v) is 5.26. The Morgan fingerprint density at radius 1 is 1.00 bits per heavy atom. The second kappa shape index (κ2) is 4.33. The number of hydrogen-bond donors (Lipinski definition) is 1. The van der Waals surface area contributed by atoms with Crippen LogP contribution in [0.15, 0.2) is 0 Å². The second-order valence-electron chi connectivity index (χ2n) is 6.79. The van der Waals surface area contributed by atoms with Crippen molar-refractivity contribution in [2.45, 2.75) is 58.4 Å². The van der Waals surface area contributed by atoms with E-state index in [1.807, 2.05) is 0 Å². The molecule has 1 heteroatoms. The van der Waals surface area contributed by atoms with Crippen LogP contribution in [0, 0.1) is 29.6 Å². The zero-order valence-electron chi connectivity index (χ0n) is 10.9. The summed E-state index contributed by atoms with van der Waals surface area (Å²) >= 11 is 0. The van der Waals surface area contributed by atoms with Crippen molar-refractivity contribution in [1.29, 1.82) is 0 Å². The highest BCUT2D eigenvalue weighted by atomic mass is 14.9. The highest BCUT2D eigenvalue weighted by Crippen LogP contribution is 2.57. The molecular formula is C15H27N. The van der Waals surface area contributed by atoms with Crippen LogP contribution in [0.4, 0.5) is 0 Å². The first-order chi connectivity index (χ1) is 7.76. The maximum atomic E-state index is 3.60. The highest BCUT2D eigenvalue weighted by Gasteiger charge is 2.47. The summed E-state index contributed by atoms with van der Waals surface area (Å²) in [5.41, 5.74) is 0. The largest absolute Gasteiger partial charge is 0.315 e. The third kappa shape index (κ3) is 1.92. The molecule has 1 atom stereocenters. The van der Waals surface area contributed by atoms with Gasteiger partial charge in [0.2, 0.25) is 0 Å². The Labute approximate surface area is 100 Å². The Morgan fingerprint density at radius 3 is 2.06 bits per heavy atom. The molecule has 16 heavy (non-hydrogen) atoms. The normalized spacial score (nSPS) is 47.2. The predicted molar refractivity (Wildman–Crippen MR) is 68.3 cm³/mol. The molecule has 1 nitrogen and oxygen atoms in total. The third-order valence-electron chi connectivity index (χ3n) is 5.60. The number of rotatable bonds is 4. The first kappa shape index (κ1) is 11.1. The van der Waals surface area contributed by atoms with Gasteiger partial charge in [-0.2, -0.15) is 0 Å². The lowest BCUT2D eigenvalue weighted by Crippen LogP contribution is -2.46. The van der Waals surface area contributed by atoms with E-state index >= 15 is 0 Å². The van der Waals surface area contributed by atoms with Gasteiger partial charge in [0.25, 0.3) is 0 Å². The van der Waals surface area contributed by atoms with Crippen molar-refractivity contribution in [2.75, 3.05) is 6.54 Å². The molecule has 0 radical (unpaired) electrons. The molecule has 4 rings (SSSR count). The van der Waals surface area contributed by atoms with Crippen LogP contribution in [0.25, 0.3) is 0 Å². The molecule has 0 amide bonds. The van der Waals surface area contributed by atoms with Crippen LogP contribution in [-0.2, 0) is 0 Å². The molecule has 4 aliphatic carbocycles. The molecule has 4 saturated carbocycles. The minimum Gasteiger partial charge on any atom is -0.315 e. The van der Waals surface area contributed by atoms with Crippen molar-refractivity contribution >= 4 is 0 Å². The summed E-state index contributed by atoms with van der Waals surface area (Å²) in [7, 11) is 0. The van der Waals surface area contributed by atoms with Gasteiger partial charge in [-0.3, -0.25) is 0 Å². The lowest BCUT2D eigenvalue weighted by molar-refractivity contribution is -0.0425. The Morgan fingerprint density at radius 2 is 1.56 bits per heavy atom. The second-order valence-corrected chi connectivity index (χ2v) is 6.79. The fourth-order valence-electron chi connectivity index (χ4n) is 5.26. The van der Waals surface area contributed by atoms with Crippen LogP contribution in [0.1, 0.15) is 52.4 Å². The van der Waals surface area contributed by atoms with E-state index in [0.29, 0.717) is 0 Å². The lowest BCUT2D eigenvalue weighted by Gasteiger charge is -2.55. The van der Waals surface area contributed by atoms with Crippen LogP contribution < -0.4 is 5.32 Å². The molecule has 0 heterocycles. The average molecular weight is 221 g/mol. The summed E-state index contributed by atoms with van der Waals surface area (Å²) in [4.78, 5) is 0. The number of nitrogens with one attached hydrogen (secondary N) is 1. The first-order valence-electron chi connectivity index (χ1n) is 7.49. The summed E-state index contributed by atoms with van der Waals surface area (Å²) in [5.74, 6) is 5.55. The molecule has 0 aromatic rings. The van der Waals surface area contributed by atoms with Crippen molar-refractivity contribution in [2.24, 2.45) is 29.6 Å². The quantitative estimate of drug-likeness (QED) is 0.767. The molecule has 0 aliphatic heterocycles. The molecule has 4 bridgehead atoms. The van der Waals surface area contributed by atoms with Crippen LogP contribution in [0.3, 0.4) is 0 Å². The Hall–Kier alpha value is -0.0400. The summed E-state index contributed by atoms with van der Waals surface area (Å²) in [6.07, 6.45) is 9.35. The van der Waals surface area contributed by atoms with E-state index in [2.05, 4.69) is 19.2 Å². The van der Waals surface area contributed by atoms with Crippen molar-refractivity contribution in [3.63, 3.8) is 0 Å². The van der Waals surface area contributed by atoms with E-state index in [-0.39, 0.29) is 0 Å². The van der Waals surface area contributed by atoms with Gasteiger partial charge in [-0.25, -0.2) is 0 Å². The molecule has 4 fully saturated rings. The Kier molecular flexibility index (Phi) is 2.99. The third-order valence-corrected chi connectivity index (χ3v) is 5.60. The van der Waals surface area contributed by atoms with Gasteiger partial charge in [-0.15, -0.1) is 0 Å². The van der Waals surface area contributed by atoms with E-state index in [4.69, 9.17) is 0 Å². The predicted octanol–water partition coefficient (Wildman–Crippen LogP) is 3.45. The maximum absolute atomic E-state index is 3.60. The molecule has 1 unspecified atom stereocenters. The van der Waals surface area contributed by atoms with Crippen LogP contribution in [0.2, 0.25) is 0 Å². The highest BCUT2D eigenvalue weighted by molar-refractivity contribution is 4.98. The molecule has 0 saturated heterocycles. The number of hydrogen-bond acceptors (Lipinski definition) is 1. The monoisotopic (exact) mass is 221 g/mol. The van der Waals surface area contributed by atoms with E-state index in [9.17, 15) is 0 Å². The molecule has 92 valence electrons. The van der Waals surface area contributed by atoms with Gasteiger partial charge in [0.15, 0.2) is 0 Å². The van der Waals surface area contributed by atoms with Gasteiger partial charge >= 0.3 is 0 Å². The summed E-state index contributed by atoms with van der Waals surface area (Å²) in [5, 5.41) is 3.60. The van der Waals surface area contributed by atoms with Crippen molar-refractivity contribution in [3.05, 3.63) is 0 Å². The topological polar surface area (TPSA) is 12.0 Å². The zero-order chi connectivity index (χ0) is 11.1. The SMILES string of the molecule is CCNC(C)CC1C2CC3CC(C2)CC1C3. The Bertz CT molecular complexity index is 220. The average Bonchev–Trinajstić information content (AvgIpc) is 2.23. The fraction of sp³-hybridized carbons (Fsp3) is 1.00.